The zero-order valence-electron chi connectivity index (χ0n) is 13.0. The van der Waals surface area contributed by atoms with E-state index >= 15 is 0 Å². The van der Waals surface area contributed by atoms with Crippen molar-refractivity contribution in [3.63, 3.8) is 0 Å². The summed E-state index contributed by atoms with van der Waals surface area (Å²) in [6.07, 6.45) is 3.35. The van der Waals surface area contributed by atoms with Crippen LogP contribution < -0.4 is 4.90 Å². The summed E-state index contributed by atoms with van der Waals surface area (Å²) >= 11 is 0. The van der Waals surface area contributed by atoms with Gasteiger partial charge in [-0.1, -0.05) is 19.4 Å². The van der Waals surface area contributed by atoms with Crippen LogP contribution in [-0.4, -0.2) is 22.7 Å². The number of rotatable bonds is 4. The van der Waals surface area contributed by atoms with E-state index in [1.165, 1.54) is 12.1 Å². The van der Waals surface area contributed by atoms with Gasteiger partial charge in [-0.25, -0.2) is 9.18 Å². The Labute approximate surface area is 125 Å². The number of hydrogen-bond donors (Lipinski definition) is 1. The van der Waals surface area contributed by atoms with Crippen LogP contribution in [-0.2, 0) is 4.79 Å². The predicted molar refractivity (Wildman–Crippen MR) is 82.9 cm³/mol. The third-order valence-corrected chi connectivity index (χ3v) is 3.99. The van der Waals surface area contributed by atoms with E-state index in [-0.39, 0.29) is 5.82 Å². The second-order valence-corrected chi connectivity index (χ2v) is 6.16. The molecule has 4 heteroatoms. The fraction of sp³-hybridized carbons (Fsp3) is 0.471. The lowest BCUT2D eigenvalue weighted by Gasteiger charge is -2.46. The molecule has 114 valence electrons. The first kappa shape index (κ1) is 15.5. The van der Waals surface area contributed by atoms with Gasteiger partial charge < -0.3 is 10.0 Å². The van der Waals surface area contributed by atoms with Gasteiger partial charge in [-0.05, 0) is 51.0 Å². The van der Waals surface area contributed by atoms with E-state index in [0.29, 0.717) is 6.42 Å². The fourth-order valence-electron chi connectivity index (χ4n) is 3.23. The van der Waals surface area contributed by atoms with E-state index in [0.717, 1.165) is 23.2 Å². The number of nitrogens with zero attached hydrogens (tertiary/aromatic N) is 1. The molecule has 1 atom stereocenters. The number of halogens is 1. The highest BCUT2D eigenvalue weighted by atomic mass is 19.1. The predicted octanol–water partition coefficient (Wildman–Crippen LogP) is 4.08. The lowest BCUT2D eigenvalue weighted by molar-refractivity contribution is -0.139. The van der Waals surface area contributed by atoms with Gasteiger partial charge in [0.2, 0.25) is 0 Å². The second-order valence-electron chi connectivity index (χ2n) is 6.16. The van der Waals surface area contributed by atoms with Gasteiger partial charge in [-0.15, -0.1) is 0 Å². The summed E-state index contributed by atoms with van der Waals surface area (Å²) in [4.78, 5) is 13.6. The SMILES string of the molecule is CCC[C@H](C(=O)O)N1c2ccc(F)cc2C(C)=CC1(C)C. The average Bonchev–Trinajstić information content (AvgIpc) is 2.37. The Kier molecular flexibility index (Phi) is 4.08. The van der Waals surface area contributed by atoms with Crippen LogP contribution >= 0.6 is 0 Å². The van der Waals surface area contributed by atoms with Crippen LogP contribution in [0, 0.1) is 5.82 Å². The topological polar surface area (TPSA) is 40.5 Å². The highest BCUT2D eigenvalue weighted by molar-refractivity contribution is 5.86. The molecule has 0 bridgehead atoms. The van der Waals surface area contributed by atoms with E-state index in [4.69, 9.17) is 0 Å². The molecule has 0 saturated carbocycles. The molecule has 0 aromatic heterocycles. The van der Waals surface area contributed by atoms with Crippen molar-refractivity contribution in [1.82, 2.24) is 0 Å². The molecule has 1 aliphatic rings. The molecule has 0 saturated heterocycles. The largest absolute Gasteiger partial charge is 0.480 e. The van der Waals surface area contributed by atoms with Crippen LogP contribution in [0.25, 0.3) is 5.57 Å². The van der Waals surface area contributed by atoms with E-state index < -0.39 is 17.6 Å². The summed E-state index contributed by atoms with van der Waals surface area (Å²) in [5.41, 5.74) is 2.12. The fourth-order valence-corrected chi connectivity index (χ4v) is 3.23. The molecule has 1 N–H and O–H groups in total. The monoisotopic (exact) mass is 291 g/mol. The normalized spacial score (nSPS) is 18.0. The van der Waals surface area contributed by atoms with Crippen molar-refractivity contribution in [3.8, 4) is 0 Å². The number of hydrogen-bond acceptors (Lipinski definition) is 2. The molecule has 1 aliphatic heterocycles. The maximum atomic E-state index is 13.5. The van der Waals surface area contributed by atoms with Crippen LogP contribution in [0.2, 0.25) is 0 Å². The minimum atomic E-state index is -0.840. The highest BCUT2D eigenvalue weighted by Gasteiger charge is 2.38. The Hall–Kier alpha value is -1.84. The average molecular weight is 291 g/mol. The van der Waals surface area contributed by atoms with Gasteiger partial charge in [0.15, 0.2) is 0 Å². The van der Waals surface area contributed by atoms with Gasteiger partial charge in [0, 0.05) is 11.3 Å². The molecule has 0 amide bonds. The summed E-state index contributed by atoms with van der Waals surface area (Å²) in [7, 11) is 0. The Morgan fingerprint density at radius 1 is 1.43 bits per heavy atom. The molecule has 0 unspecified atom stereocenters. The van der Waals surface area contributed by atoms with Crippen molar-refractivity contribution >= 4 is 17.2 Å². The zero-order chi connectivity index (χ0) is 15.8. The van der Waals surface area contributed by atoms with Crippen LogP contribution in [0.4, 0.5) is 10.1 Å². The quantitative estimate of drug-likeness (QED) is 0.908. The third-order valence-electron chi connectivity index (χ3n) is 3.99. The van der Waals surface area contributed by atoms with Crippen LogP contribution in [0.5, 0.6) is 0 Å². The van der Waals surface area contributed by atoms with Crippen molar-refractivity contribution in [1.29, 1.82) is 0 Å². The molecular formula is C17H22FNO2. The highest BCUT2D eigenvalue weighted by Crippen LogP contribution is 2.41. The summed E-state index contributed by atoms with van der Waals surface area (Å²) in [5, 5.41) is 9.60. The van der Waals surface area contributed by atoms with Crippen molar-refractivity contribution in [3.05, 3.63) is 35.7 Å². The zero-order valence-corrected chi connectivity index (χ0v) is 13.0. The van der Waals surface area contributed by atoms with Gasteiger partial charge >= 0.3 is 5.97 Å². The minimum Gasteiger partial charge on any atom is -0.480 e. The number of allylic oxidation sites excluding steroid dienone is 1. The number of anilines is 1. The molecule has 21 heavy (non-hydrogen) atoms. The van der Waals surface area contributed by atoms with Gasteiger partial charge in [-0.3, -0.25) is 0 Å². The van der Waals surface area contributed by atoms with E-state index in [1.807, 2.05) is 38.7 Å². The van der Waals surface area contributed by atoms with Crippen molar-refractivity contribution in [2.75, 3.05) is 4.90 Å². The first-order chi connectivity index (χ1) is 9.77. The molecule has 0 spiro atoms. The Bertz CT molecular complexity index is 592. The number of benzene rings is 1. The van der Waals surface area contributed by atoms with E-state index in [1.54, 1.807) is 6.07 Å². The number of carbonyl (C=O) groups is 1. The smallest absolute Gasteiger partial charge is 0.326 e. The van der Waals surface area contributed by atoms with Crippen LogP contribution in [0.1, 0.15) is 46.1 Å². The Morgan fingerprint density at radius 2 is 2.10 bits per heavy atom. The molecule has 0 radical (unpaired) electrons. The number of carboxylic acid groups (broad SMARTS) is 1. The first-order valence-corrected chi connectivity index (χ1v) is 7.29. The molecular weight excluding hydrogens is 269 g/mol. The van der Waals surface area contributed by atoms with E-state index in [2.05, 4.69) is 0 Å². The maximum absolute atomic E-state index is 13.5. The summed E-state index contributed by atoms with van der Waals surface area (Å²) in [5.74, 6) is -1.14. The number of carboxylic acids is 1. The lowest BCUT2D eigenvalue weighted by atomic mass is 9.86. The number of fused-ring (bicyclic) bond motifs is 1. The maximum Gasteiger partial charge on any atom is 0.326 e. The van der Waals surface area contributed by atoms with Crippen LogP contribution in [0.15, 0.2) is 24.3 Å². The Morgan fingerprint density at radius 3 is 2.67 bits per heavy atom. The van der Waals surface area contributed by atoms with Crippen molar-refractivity contribution < 1.29 is 14.3 Å². The molecule has 1 aromatic rings. The standard InChI is InChI=1S/C17H22FNO2/c1-5-6-15(16(20)21)19-14-8-7-12(18)9-13(14)11(2)10-17(19,3)4/h7-10,15H,5-6H2,1-4H3,(H,20,21)/t15-/m1/s1. The van der Waals surface area contributed by atoms with Gasteiger partial charge in [0.1, 0.15) is 11.9 Å². The van der Waals surface area contributed by atoms with Crippen LogP contribution in [0.3, 0.4) is 0 Å². The molecule has 0 aliphatic carbocycles. The Balaban J connectivity index is 2.61. The van der Waals surface area contributed by atoms with Gasteiger partial charge in [0.25, 0.3) is 0 Å². The third kappa shape index (κ3) is 2.80. The molecule has 3 nitrogen and oxygen atoms in total. The molecule has 0 fully saturated rings. The molecule has 1 aromatic carbocycles. The van der Waals surface area contributed by atoms with Gasteiger partial charge in [-0.2, -0.15) is 0 Å². The summed E-state index contributed by atoms with van der Waals surface area (Å²) in [6.45, 7) is 7.90. The second kappa shape index (κ2) is 5.51. The lowest BCUT2D eigenvalue weighted by Crippen LogP contribution is -2.54. The van der Waals surface area contributed by atoms with Gasteiger partial charge in [0.05, 0.1) is 5.54 Å². The van der Waals surface area contributed by atoms with E-state index in [9.17, 15) is 14.3 Å². The summed E-state index contributed by atoms with van der Waals surface area (Å²) < 4.78 is 13.5. The molecule has 1 heterocycles. The first-order valence-electron chi connectivity index (χ1n) is 7.29. The molecule has 2 rings (SSSR count). The summed E-state index contributed by atoms with van der Waals surface area (Å²) in [6, 6.07) is 3.95. The minimum absolute atomic E-state index is 0.302. The number of aliphatic carboxylic acids is 1. The van der Waals surface area contributed by atoms with Crippen molar-refractivity contribution in [2.24, 2.45) is 0 Å². The van der Waals surface area contributed by atoms with Crippen molar-refractivity contribution in [2.45, 2.75) is 52.1 Å².